The molecule has 0 unspecified atom stereocenters. The van der Waals surface area contributed by atoms with Gasteiger partial charge in [-0.25, -0.2) is 18.2 Å². The first kappa shape index (κ1) is 13.4. The molecular weight excluding hydrogens is 281 g/mol. The van der Waals surface area contributed by atoms with E-state index >= 15 is 0 Å². The Balaban J connectivity index is 2.29. The van der Waals surface area contributed by atoms with Gasteiger partial charge in [0.2, 0.25) is 0 Å². The van der Waals surface area contributed by atoms with Crippen LogP contribution in [0.2, 0.25) is 5.15 Å². The van der Waals surface area contributed by atoms with Crippen LogP contribution in [0.5, 0.6) is 0 Å². The van der Waals surface area contributed by atoms with E-state index in [0.717, 1.165) is 0 Å². The van der Waals surface area contributed by atoms with E-state index in [1.54, 1.807) is 0 Å². The number of hydrogen-bond acceptors (Lipinski definition) is 2. The number of hydrogen-bond donors (Lipinski definition) is 1. The molecule has 0 aliphatic rings. The molecule has 19 heavy (non-hydrogen) atoms. The molecule has 0 fully saturated rings. The van der Waals surface area contributed by atoms with Crippen molar-refractivity contribution >= 4 is 23.2 Å². The van der Waals surface area contributed by atoms with Crippen molar-refractivity contribution in [3.8, 4) is 0 Å². The quantitative estimate of drug-likeness (QED) is 0.679. The van der Waals surface area contributed by atoms with Crippen LogP contribution in [0.25, 0.3) is 0 Å². The number of carbonyl (C=O) groups excluding carboxylic acids is 1. The normalized spacial score (nSPS) is 10.3. The number of amides is 1. The molecular formula is C12H6ClF3N2O. The molecule has 0 saturated carbocycles. The summed E-state index contributed by atoms with van der Waals surface area (Å²) in [6.45, 7) is 0. The molecule has 2 aromatic rings. The third-order valence-corrected chi connectivity index (χ3v) is 2.44. The van der Waals surface area contributed by atoms with Gasteiger partial charge in [-0.05, 0) is 12.1 Å². The maximum absolute atomic E-state index is 13.3. The summed E-state index contributed by atoms with van der Waals surface area (Å²) >= 11 is 5.59. The van der Waals surface area contributed by atoms with Crippen LogP contribution in [0.3, 0.4) is 0 Å². The highest BCUT2D eigenvalue weighted by Crippen LogP contribution is 2.20. The molecule has 1 aromatic heterocycles. The summed E-state index contributed by atoms with van der Waals surface area (Å²) < 4.78 is 39.2. The van der Waals surface area contributed by atoms with Gasteiger partial charge in [0, 0.05) is 23.9 Å². The zero-order valence-electron chi connectivity index (χ0n) is 9.25. The zero-order valence-corrected chi connectivity index (χ0v) is 10.0. The Hall–Kier alpha value is -2.08. The number of pyridine rings is 1. The molecule has 3 nitrogen and oxygen atoms in total. The highest BCUT2D eigenvalue weighted by molar-refractivity contribution is 6.29. The SMILES string of the molecule is O=C(Nc1cc(F)cc(F)c1F)c1ccnc(Cl)c1. The van der Waals surface area contributed by atoms with Crippen molar-refractivity contribution in [1.82, 2.24) is 4.98 Å². The van der Waals surface area contributed by atoms with E-state index < -0.39 is 29.0 Å². The van der Waals surface area contributed by atoms with E-state index in [4.69, 9.17) is 11.6 Å². The fraction of sp³-hybridized carbons (Fsp3) is 0. The number of halogens is 4. The van der Waals surface area contributed by atoms with Crippen molar-refractivity contribution in [2.24, 2.45) is 0 Å². The Morgan fingerprint density at radius 3 is 2.63 bits per heavy atom. The van der Waals surface area contributed by atoms with Gasteiger partial charge < -0.3 is 5.32 Å². The van der Waals surface area contributed by atoms with Crippen molar-refractivity contribution < 1.29 is 18.0 Å². The fourth-order valence-corrected chi connectivity index (χ4v) is 1.56. The second-order valence-corrected chi connectivity index (χ2v) is 3.96. The molecule has 7 heteroatoms. The van der Waals surface area contributed by atoms with Crippen molar-refractivity contribution in [3.05, 3.63) is 58.6 Å². The van der Waals surface area contributed by atoms with Crippen LogP contribution in [0.4, 0.5) is 18.9 Å². The molecule has 0 atom stereocenters. The van der Waals surface area contributed by atoms with E-state index in [9.17, 15) is 18.0 Å². The van der Waals surface area contributed by atoms with Crippen LogP contribution in [0.15, 0.2) is 30.5 Å². The first-order valence-electron chi connectivity index (χ1n) is 5.05. The third-order valence-electron chi connectivity index (χ3n) is 2.23. The number of nitrogens with zero attached hydrogens (tertiary/aromatic N) is 1. The largest absolute Gasteiger partial charge is 0.319 e. The molecule has 1 heterocycles. The number of rotatable bonds is 2. The van der Waals surface area contributed by atoms with E-state index in [1.807, 2.05) is 0 Å². The van der Waals surface area contributed by atoms with Crippen LogP contribution in [-0.2, 0) is 0 Å². The second-order valence-electron chi connectivity index (χ2n) is 3.57. The summed E-state index contributed by atoms with van der Waals surface area (Å²) in [5.41, 5.74) is -0.500. The van der Waals surface area contributed by atoms with Gasteiger partial charge in [-0.3, -0.25) is 4.79 Å². The van der Waals surface area contributed by atoms with Crippen LogP contribution in [-0.4, -0.2) is 10.9 Å². The molecule has 0 aliphatic carbocycles. The van der Waals surface area contributed by atoms with Gasteiger partial charge in [0.05, 0.1) is 5.69 Å². The number of nitrogens with one attached hydrogen (secondary N) is 1. The van der Waals surface area contributed by atoms with E-state index in [0.29, 0.717) is 12.1 Å². The number of aromatic nitrogens is 1. The topological polar surface area (TPSA) is 42.0 Å². The van der Waals surface area contributed by atoms with Crippen molar-refractivity contribution in [3.63, 3.8) is 0 Å². The maximum Gasteiger partial charge on any atom is 0.255 e. The fourth-order valence-electron chi connectivity index (χ4n) is 1.39. The predicted octanol–water partition coefficient (Wildman–Crippen LogP) is 3.40. The highest BCUT2D eigenvalue weighted by Gasteiger charge is 2.14. The van der Waals surface area contributed by atoms with Crippen LogP contribution in [0, 0.1) is 17.5 Å². The Kier molecular flexibility index (Phi) is 3.71. The van der Waals surface area contributed by atoms with E-state index in [-0.39, 0.29) is 10.7 Å². The molecule has 0 aliphatic heterocycles. The molecule has 0 radical (unpaired) electrons. The van der Waals surface area contributed by atoms with Crippen LogP contribution >= 0.6 is 11.6 Å². The maximum atomic E-state index is 13.3. The molecule has 98 valence electrons. The summed E-state index contributed by atoms with van der Waals surface area (Å²) in [6.07, 6.45) is 1.28. The lowest BCUT2D eigenvalue weighted by Gasteiger charge is -2.07. The third kappa shape index (κ3) is 3.03. The smallest absolute Gasteiger partial charge is 0.255 e. The Morgan fingerprint density at radius 1 is 1.21 bits per heavy atom. The summed E-state index contributed by atoms with van der Waals surface area (Å²) in [6, 6.07) is 3.63. The number of carbonyl (C=O) groups is 1. The van der Waals surface area contributed by atoms with Crippen molar-refractivity contribution in [2.45, 2.75) is 0 Å². The molecule has 1 amide bonds. The van der Waals surface area contributed by atoms with Gasteiger partial charge in [-0.1, -0.05) is 11.6 Å². The summed E-state index contributed by atoms with van der Waals surface area (Å²) in [7, 11) is 0. The van der Waals surface area contributed by atoms with Crippen LogP contribution < -0.4 is 5.32 Å². The molecule has 1 aromatic carbocycles. The van der Waals surface area contributed by atoms with Gasteiger partial charge >= 0.3 is 0 Å². The monoisotopic (exact) mass is 286 g/mol. The minimum absolute atomic E-state index is 0.0681. The van der Waals surface area contributed by atoms with Gasteiger partial charge in [0.1, 0.15) is 11.0 Å². The first-order chi connectivity index (χ1) is 8.97. The molecule has 0 spiro atoms. The average Bonchev–Trinajstić information content (AvgIpc) is 2.35. The van der Waals surface area contributed by atoms with Crippen molar-refractivity contribution in [1.29, 1.82) is 0 Å². The molecule has 2 rings (SSSR count). The zero-order chi connectivity index (χ0) is 14.0. The van der Waals surface area contributed by atoms with E-state index in [2.05, 4.69) is 10.3 Å². The molecule has 0 saturated heterocycles. The predicted molar refractivity (Wildman–Crippen MR) is 63.5 cm³/mol. The molecule has 1 N–H and O–H groups in total. The minimum atomic E-state index is -1.39. The Bertz CT molecular complexity index is 649. The Morgan fingerprint density at radius 2 is 1.95 bits per heavy atom. The number of benzene rings is 1. The van der Waals surface area contributed by atoms with Crippen LogP contribution in [0.1, 0.15) is 10.4 Å². The van der Waals surface area contributed by atoms with Crippen molar-refractivity contribution in [2.75, 3.05) is 5.32 Å². The number of anilines is 1. The lowest BCUT2D eigenvalue weighted by atomic mass is 10.2. The average molecular weight is 287 g/mol. The lowest BCUT2D eigenvalue weighted by molar-refractivity contribution is 0.102. The van der Waals surface area contributed by atoms with E-state index in [1.165, 1.54) is 18.3 Å². The molecule has 0 bridgehead atoms. The lowest BCUT2D eigenvalue weighted by Crippen LogP contribution is -2.14. The van der Waals surface area contributed by atoms with Gasteiger partial charge in [-0.2, -0.15) is 0 Å². The summed E-state index contributed by atoms with van der Waals surface area (Å²) in [5, 5.41) is 2.12. The summed E-state index contributed by atoms with van der Waals surface area (Å²) in [4.78, 5) is 15.4. The minimum Gasteiger partial charge on any atom is -0.319 e. The van der Waals surface area contributed by atoms with Gasteiger partial charge in [0.25, 0.3) is 5.91 Å². The first-order valence-corrected chi connectivity index (χ1v) is 5.42. The second kappa shape index (κ2) is 5.27. The highest BCUT2D eigenvalue weighted by atomic mass is 35.5. The standard InChI is InChI=1S/C12H6ClF3N2O/c13-10-3-6(1-2-17-10)12(19)18-9-5-7(14)4-8(15)11(9)16/h1-5H,(H,18,19). The van der Waals surface area contributed by atoms with Gasteiger partial charge in [0.15, 0.2) is 11.6 Å². The Labute approximate surface area is 111 Å². The summed E-state index contributed by atoms with van der Waals surface area (Å²) in [5.74, 6) is -4.48. The van der Waals surface area contributed by atoms with Gasteiger partial charge in [-0.15, -0.1) is 0 Å².